The van der Waals surface area contributed by atoms with Gasteiger partial charge in [-0.25, -0.2) is 0 Å². The van der Waals surface area contributed by atoms with Crippen LogP contribution in [-0.4, -0.2) is 18.4 Å². The van der Waals surface area contributed by atoms with E-state index < -0.39 is 0 Å². The molecule has 0 fully saturated rings. The third kappa shape index (κ3) is 6.33. The maximum Gasteiger partial charge on any atom is 0.267 e. The summed E-state index contributed by atoms with van der Waals surface area (Å²) in [7, 11) is 0. The standard InChI is InChI=1S/C24H21ClN2O2/c25-21-13-11-19(12-14-21)17-22(27-23(28)20-9-5-2-6-10-20)24(29)26-16-15-18-7-3-1-4-8-18/h1-14,17H,15-16H2,(H,26,29)(H,27,28). The maximum atomic E-state index is 12.8. The first-order valence-corrected chi connectivity index (χ1v) is 9.65. The third-order valence-corrected chi connectivity index (χ3v) is 4.50. The minimum absolute atomic E-state index is 0.175. The highest BCUT2D eigenvalue weighted by Crippen LogP contribution is 2.12. The van der Waals surface area contributed by atoms with E-state index in [1.54, 1.807) is 54.6 Å². The molecule has 2 N–H and O–H groups in total. The van der Waals surface area contributed by atoms with Gasteiger partial charge in [-0.05, 0) is 47.9 Å². The van der Waals surface area contributed by atoms with Crippen LogP contribution < -0.4 is 10.6 Å². The molecule has 0 heterocycles. The largest absolute Gasteiger partial charge is 0.350 e. The summed E-state index contributed by atoms with van der Waals surface area (Å²) in [5.41, 5.74) is 2.54. The van der Waals surface area contributed by atoms with Crippen LogP contribution in [0.2, 0.25) is 5.02 Å². The average Bonchev–Trinajstić information content (AvgIpc) is 2.76. The second-order valence-electron chi connectivity index (χ2n) is 6.42. The minimum Gasteiger partial charge on any atom is -0.350 e. The van der Waals surface area contributed by atoms with E-state index in [-0.39, 0.29) is 17.5 Å². The summed E-state index contributed by atoms with van der Waals surface area (Å²) in [6.07, 6.45) is 2.34. The Labute approximate surface area is 175 Å². The lowest BCUT2D eigenvalue weighted by molar-refractivity contribution is -0.117. The molecule has 0 unspecified atom stereocenters. The van der Waals surface area contributed by atoms with E-state index in [0.29, 0.717) is 23.6 Å². The molecule has 0 aliphatic carbocycles. The molecule has 0 aromatic heterocycles. The lowest BCUT2D eigenvalue weighted by Crippen LogP contribution is -2.35. The molecule has 0 bridgehead atoms. The molecule has 146 valence electrons. The van der Waals surface area contributed by atoms with E-state index in [9.17, 15) is 9.59 Å². The number of nitrogens with one attached hydrogen (secondary N) is 2. The smallest absolute Gasteiger partial charge is 0.267 e. The Morgan fingerprint density at radius 1 is 0.828 bits per heavy atom. The van der Waals surface area contributed by atoms with Crippen LogP contribution in [0, 0.1) is 0 Å². The first kappa shape index (κ1) is 20.4. The first-order chi connectivity index (χ1) is 14.1. The van der Waals surface area contributed by atoms with Gasteiger partial charge in [-0.2, -0.15) is 0 Å². The fourth-order valence-corrected chi connectivity index (χ4v) is 2.85. The van der Waals surface area contributed by atoms with Crippen molar-refractivity contribution < 1.29 is 9.59 Å². The van der Waals surface area contributed by atoms with E-state index in [0.717, 1.165) is 11.1 Å². The molecule has 5 heteroatoms. The fourth-order valence-electron chi connectivity index (χ4n) is 2.73. The van der Waals surface area contributed by atoms with Gasteiger partial charge in [0, 0.05) is 17.1 Å². The molecule has 3 aromatic rings. The van der Waals surface area contributed by atoms with Crippen LogP contribution in [0.3, 0.4) is 0 Å². The number of carbonyl (C=O) groups is 2. The van der Waals surface area contributed by atoms with Gasteiger partial charge in [0.1, 0.15) is 5.70 Å². The van der Waals surface area contributed by atoms with Gasteiger partial charge in [0.25, 0.3) is 11.8 Å². The summed E-state index contributed by atoms with van der Waals surface area (Å²) in [6.45, 7) is 0.460. The van der Waals surface area contributed by atoms with Gasteiger partial charge in [-0.1, -0.05) is 72.3 Å². The van der Waals surface area contributed by atoms with Gasteiger partial charge in [0.05, 0.1) is 0 Å². The zero-order valence-electron chi connectivity index (χ0n) is 15.8. The minimum atomic E-state index is -0.347. The number of amides is 2. The molecule has 0 saturated carbocycles. The quantitative estimate of drug-likeness (QED) is 0.571. The molecule has 0 radical (unpaired) electrons. The Morgan fingerprint density at radius 3 is 2.10 bits per heavy atom. The van der Waals surface area contributed by atoms with Gasteiger partial charge in [-0.15, -0.1) is 0 Å². The van der Waals surface area contributed by atoms with Gasteiger partial charge in [0.2, 0.25) is 0 Å². The van der Waals surface area contributed by atoms with Crippen LogP contribution in [-0.2, 0) is 11.2 Å². The van der Waals surface area contributed by atoms with Crippen LogP contribution >= 0.6 is 11.6 Å². The summed E-state index contributed by atoms with van der Waals surface area (Å²) in [4.78, 5) is 25.3. The van der Waals surface area contributed by atoms with Gasteiger partial charge in [0.15, 0.2) is 0 Å². The van der Waals surface area contributed by atoms with Gasteiger partial charge in [-0.3, -0.25) is 9.59 Å². The van der Waals surface area contributed by atoms with Crippen LogP contribution in [0.4, 0.5) is 0 Å². The van der Waals surface area contributed by atoms with Crippen molar-refractivity contribution in [2.24, 2.45) is 0 Å². The predicted octanol–water partition coefficient (Wildman–Crippen LogP) is 4.47. The van der Waals surface area contributed by atoms with Crippen molar-refractivity contribution in [3.05, 3.63) is 112 Å². The fraction of sp³-hybridized carbons (Fsp3) is 0.0833. The van der Waals surface area contributed by atoms with Crippen molar-refractivity contribution in [1.29, 1.82) is 0 Å². The molecule has 29 heavy (non-hydrogen) atoms. The highest BCUT2D eigenvalue weighted by Gasteiger charge is 2.14. The SMILES string of the molecule is O=C(NCCc1ccccc1)C(=Cc1ccc(Cl)cc1)NC(=O)c1ccccc1. The lowest BCUT2D eigenvalue weighted by Gasteiger charge is -2.11. The van der Waals surface area contributed by atoms with E-state index in [4.69, 9.17) is 11.6 Å². The molecule has 2 amide bonds. The van der Waals surface area contributed by atoms with Crippen molar-refractivity contribution in [3.8, 4) is 0 Å². The zero-order chi connectivity index (χ0) is 20.5. The second kappa shape index (κ2) is 10.2. The van der Waals surface area contributed by atoms with Crippen molar-refractivity contribution in [1.82, 2.24) is 10.6 Å². The summed E-state index contributed by atoms with van der Waals surface area (Å²) in [5, 5.41) is 6.19. The topological polar surface area (TPSA) is 58.2 Å². The number of carbonyl (C=O) groups excluding carboxylic acids is 2. The van der Waals surface area contributed by atoms with E-state index in [2.05, 4.69) is 10.6 Å². The summed E-state index contributed by atoms with van der Waals surface area (Å²) < 4.78 is 0. The Hall–Kier alpha value is -3.37. The molecule has 4 nitrogen and oxygen atoms in total. The molecular weight excluding hydrogens is 384 g/mol. The molecule has 3 aromatic carbocycles. The average molecular weight is 405 g/mol. The lowest BCUT2D eigenvalue weighted by atomic mass is 10.1. The van der Waals surface area contributed by atoms with Crippen molar-refractivity contribution in [2.75, 3.05) is 6.54 Å². The van der Waals surface area contributed by atoms with Gasteiger partial charge >= 0.3 is 0 Å². The Kier molecular flexibility index (Phi) is 7.20. The third-order valence-electron chi connectivity index (χ3n) is 4.25. The summed E-state index contributed by atoms with van der Waals surface area (Å²) in [6, 6.07) is 25.7. The molecule has 0 saturated heterocycles. The second-order valence-corrected chi connectivity index (χ2v) is 6.86. The van der Waals surface area contributed by atoms with Crippen molar-refractivity contribution in [2.45, 2.75) is 6.42 Å². The zero-order valence-corrected chi connectivity index (χ0v) is 16.5. The normalized spacial score (nSPS) is 11.0. The number of rotatable bonds is 7. The summed E-state index contributed by atoms with van der Waals surface area (Å²) >= 11 is 5.93. The van der Waals surface area contributed by atoms with Gasteiger partial charge < -0.3 is 10.6 Å². The van der Waals surface area contributed by atoms with E-state index >= 15 is 0 Å². The van der Waals surface area contributed by atoms with Crippen LogP contribution in [0.1, 0.15) is 21.5 Å². The van der Waals surface area contributed by atoms with Crippen LogP contribution in [0.25, 0.3) is 6.08 Å². The first-order valence-electron chi connectivity index (χ1n) is 9.27. The van der Waals surface area contributed by atoms with E-state index in [1.807, 2.05) is 36.4 Å². The number of hydrogen-bond acceptors (Lipinski definition) is 2. The number of halogens is 1. The molecule has 0 aliphatic heterocycles. The van der Waals surface area contributed by atoms with Crippen molar-refractivity contribution >= 4 is 29.5 Å². The molecule has 0 aliphatic rings. The molecule has 0 atom stereocenters. The van der Waals surface area contributed by atoms with Crippen molar-refractivity contribution in [3.63, 3.8) is 0 Å². The number of benzene rings is 3. The highest BCUT2D eigenvalue weighted by atomic mass is 35.5. The predicted molar refractivity (Wildman–Crippen MR) is 116 cm³/mol. The highest BCUT2D eigenvalue weighted by molar-refractivity contribution is 6.30. The monoisotopic (exact) mass is 404 g/mol. The Morgan fingerprint density at radius 2 is 1.45 bits per heavy atom. The number of hydrogen-bond donors (Lipinski definition) is 2. The van der Waals surface area contributed by atoms with E-state index in [1.165, 1.54) is 0 Å². The molecular formula is C24H21ClN2O2. The van der Waals surface area contributed by atoms with Crippen LogP contribution in [0.5, 0.6) is 0 Å². The molecule has 0 spiro atoms. The van der Waals surface area contributed by atoms with Crippen LogP contribution in [0.15, 0.2) is 90.6 Å². The maximum absolute atomic E-state index is 12.8. The Balaban J connectivity index is 1.73. The molecule has 3 rings (SSSR count). The Bertz CT molecular complexity index is 984. The summed E-state index contributed by atoms with van der Waals surface area (Å²) in [5.74, 6) is -0.691.